The first-order chi connectivity index (χ1) is 8.49. The lowest BCUT2D eigenvalue weighted by atomic mass is 9.85. The van der Waals surface area contributed by atoms with Crippen molar-refractivity contribution in [1.82, 2.24) is 15.1 Å². The van der Waals surface area contributed by atoms with Gasteiger partial charge in [-0.15, -0.1) is 0 Å². The van der Waals surface area contributed by atoms with Crippen LogP contribution in [0.2, 0.25) is 0 Å². The van der Waals surface area contributed by atoms with E-state index in [-0.39, 0.29) is 5.91 Å². The maximum absolute atomic E-state index is 11.2. The van der Waals surface area contributed by atoms with Crippen LogP contribution in [0.5, 0.6) is 0 Å². The van der Waals surface area contributed by atoms with Gasteiger partial charge in [0.2, 0.25) is 5.91 Å². The van der Waals surface area contributed by atoms with Gasteiger partial charge in [-0.25, -0.2) is 0 Å². The average molecular weight is 255 g/mol. The third-order valence-electron chi connectivity index (χ3n) is 3.91. The predicted molar refractivity (Wildman–Crippen MR) is 75.6 cm³/mol. The molecule has 4 nitrogen and oxygen atoms in total. The molecule has 0 aromatic carbocycles. The molecular formula is C14H29N3O. The van der Waals surface area contributed by atoms with Crippen molar-refractivity contribution in [3.05, 3.63) is 0 Å². The fraction of sp³-hybridized carbons (Fsp3) is 0.929. The van der Waals surface area contributed by atoms with Crippen LogP contribution in [-0.4, -0.2) is 62.5 Å². The van der Waals surface area contributed by atoms with Gasteiger partial charge >= 0.3 is 0 Å². The molecule has 0 bridgehead atoms. The second kappa shape index (κ2) is 7.74. The molecule has 1 aliphatic rings. The van der Waals surface area contributed by atoms with E-state index in [0.717, 1.165) is 19.6 Å². The number of carbonyl (C=O) groups is 1. The summed E-state index contributed by atoms with van der Waals surface area (Å²) < 4.78 is 0. The van der Waals surface area contributed by atoms with E-state index in [1.165, 1.54) is 25.7 Å². The number of carbonyl (C=O) groups excluding carboxylic acids is 1. The summed E-state index contributed by atoms with van der Waals surface area (Å²) in [6, 6.07) is 0.684. The Kier molecular flexibility index (Phi) is 6.65. The highest BCUT2D eigenvalue weighted by Crippen LogP contribution is 2.24. The maximum atomic E-state index is 11.2. The molecule has 0 aromatic heterocycles. The summed E-state index contributed by atoms with van der Waals surface area (Å²) in [6.07, 6.45) is 5.00. The van der Waals surface area contributed by atoms with Crippen molar-refractivity contribution < 1.29 is 4.79 Å². The fourth-order valence-electron chi connectivity index (χ4n) is 2.56. The maximum Gasteiger partial charge on any atom is 0.219 e. The van der Waals surface area contributed by atoms with E-state index in [0.29, 0.717) is 12.0 Å². The van der Waals surface area contributed by atoms with Gasteiger partial charge in [0.25, 0.3) is 0 Å². The molecule has 0 aliphatic heterocycles. The largest absolute Gasteiger partial charge is 0.346 e. The molecule has 0 unspecified atom stereocenters. The zero-order valence-corrected chi connectivity index (χ0v) is 12.4. The van der Waals surface area contributed by atoms with Gasteiger partial charge in [-0.3, -0.25) is 4.79 Å². The molecule has 0 radical (unpaired) electrons. The van der Waals surface area contributed by atoms with E-state index in [9.17, 15) is 4.79 Å². The van der Waals surface area contributed by atoms with E-state index < -0.39 is 0 Å². The van der Waals surface area contributed by atoms with Crippen molar-refractivity contribution in [3.63, 3.8) is 0 Å². The Morgan fingerprint density at radius 2 is 1.78 bits per heavy atom. The van der Waals surface area contributed by atoms with Crippen LogP contribution in [0.1, 0.15) is 32.6 Å². The number of amides is 1. The minimum atomic E-state index is 0.182. The highest BCUT2D eigenvalue weighted by Gasteiger charge is 2.22. The van der Waals surface area contributed by atoms with Gasteiger partial charge in [-0.05, 0) is 45.7 Å². The highest BCUT2D eigenvalue weighted by atomic mass is 16.2. The van der Waals surface area contributed by atoms with Crippen LogP contribution in [0, 0.1) is 5.92 Å². The lowest BCUT2D eigenvalue weighted by Crippen LogP contribution is -2.39. The SMILES string of the molecule is CC(=O)N(C)CC1CCC(NCCN(C)C)CC1. The van der Waals surface area contributed by atoms with Crippen molar-refractivity contribution >= 4 is 5.91 Å². The molecule has 0 saturated heterocycles. The Hall–Kier alpha value is -0.610. The molecule has 0 aromatic rings. The molecule has 0 spiro atoms. The van der Waals surface area contributed by atoms with Gasteiger partial charge in [-0.2, -0.15) is 0 Å². The summed E-state index contributed by atoms with van der Waals surface area (Å²) in [5.41, 5.74) is 0. The van der Waals surface area contributed by atoms with Crippen molar-refractivity contribution in [2.24, 2.45) is 5.92 Å². The first kappa shape index (κ1) is 15.4. The van der Waals surface area contributed by atoms with Crippen molar-refractivity contribution in [1.29, 1.82) is 0 Å². The molecule has 1 saturated carbocycles. The number of rotatable bonds is 6. The van der Waals surface area contributed by atoms with Gasteiger partial charge in [0.15, 0.2) is 0 Å². The van der Waals surface area contributed by atoms with Crippen molar-refractivity contribution in [3.8, 4) is 0 Å². The fourth-order valence-corrected chi connectivity index (χ4v) is 2.56. The van der Waals surface area contributed by atoms with Crippen molar-refractivity contribution in [2.45, 2.75) is 38.6 Å². The Morgan fingerprint density at radius 1 is 1.17 bits per heavy atom. The molecule has 4 heteroatoms. The summed E-state index contributed by atoms with van der Waals surface area (Å²) in [5, 5.41) is 3.63. The second-order valence-corrected chi connectivity index (χ2v) is 5.87. The first-order valence-corrected chi connectivity index (χ1v) is 7.09. The molecule has 1 fully saturated rings. The molecule has 1 aliphatic carbocycles. The van der Waals surface area contributed by atoms with Crippen LogP contribution in [0.15, 0.2) is 0 Å². The molecule has 106 valence electrons. The lowest BCUT2D eigenvalue weighted by molar-refractivity contribution is -0.128. The monoisotopic (exact) mass is 255 g/mol. The predicted octanol–water partition coefficient (Wildman–Crippen LogP) is 1.17. The minimum Gasteiger partial charge on any atom is -0.346 e. The molecule has 0 heterocycles. The van der Waals surface area contributed by atoms with E-state index in [1.54, 1.807) is 6.92 Å². The normalized spacial score (nSPS) is 24.3. The van der Waals surface area contributed by atoms with E-state index in [2.05, 4.69) is 24.3 Å². The van der Waals surface area contributed by atoms with Crippen LogP contribution in [0.25, 0.3) is 0 Å². The third-order valence-corrected chi connectivity index (χ3v) is 3.91. The Morgan fingerprint density at radius 3 is 2.28 bits per heavy atom. The molecule has 18 heavy (non-hydrogen) atoms. The number of hydrogen-bond donors (Lipinski definition) is 1. The van der Waals surface area contributed by atoms with E-state index in [1.807, 2.05) is 11.9 Å². The van der Waals surface area contributed by atoms with Gasteiger partial charge in [-0.1, -0.05) is 0 Å². The Labute approximate surface area is 112 Å². The number of nitrogens with zero attached hydrogens (tertiary/aromatic N) is 2. The molecule has 0 atom stereocenters. The van der Waals surface area contributed by atoms with Gasteiger partial charge in [0.05, 0.1) is 0 Å². The number of hydrogen-bond acceptors (Lipinski definition) is 3. The van der Waals surface area contributed by atoms with Crippen LogP contribution in [0.3, 0.4) is 0 Å². The number of likely N-dealkylation sites (N-methyl/N-ethyl adjacent to an activating group) is 1. The smallest absolute Gasteiger partial charge is 0.219 e. The Balaban J connectivity index is 2.14. The van der Waals surface area contributed by atoms with Crippen molar-refractivity contribution in [2.75, 3.05) is 40.8 Å². The minimum absolute atomic E-state index is 0.182. The van der Waals surface area contributed by atoms with Crippen LogP contribution in [0.4, 0.5) is 0 Å². The molecule has 1 N–H and O–H groups in total. The Bertz CT molecular complexity index is 247. The van der Waals surface area contributed by atoms with Gasteiger partial charge in [0, 0.05) is 39.6 Å². The van der Waals surface area contributed by atoms with Crippen LogP contribution in [-0.2, 0) is 4.79 Å². The van der Waals surface area contributed by atoms with E-state index in [4.69, 9.17) is 0 Å². The third kappa shape index (κ3) is 5.83. The number of nitrogens with one attached hydrogen (secondary N) is 1. The summed E-state index contributed by atoms with van der Waals surface area (Å²) in [6.45, 7) is 4.76. The summed E-state index contributed by atoms with van der Waals surface area (Å²) in [4.78, 5) is 15.3. The standard InChI is InChI=1S/C14H29N3O/c1-12(18)17(4)11-13-5-7-14(8-6-13)15-9-10-16(2)3/h13-15H,5-11H2,1-4H3. The van der Waals surface area contributed by atoms with Gasteiger partial charge in [0.1, 0.15) is 0 Å². The van der Waals surface area contributed by atoms with E-state index >= 15 is 0 Å². The lowest BCUT2D eigenvalue weighted by Gasteiger charge is -2.31. The van der Waals surface area contributed by atoms with Gasteiger partial charge < -0.3 is 15.1 Å². The van der Waals surface area contributed by atoms with Crippen LogP contribution >= 0.6 is 0 Å². The quantitative estimate of drug-likeness (QED) is 0.774. The summed E-state index contributed by atoms with van der Waals surface area (Å²) in [7, 11) is 6.12. The zero-order chi connectivity index (χ0) is 13.5. The second-order valence-electron chi connectivity index (χ2n) is 5.87. The average Bonchev–Trinajstić information content (AvgIpc) is 2.30. The molecule has 1 rings (SSSR count). The first-order valence-electron chi connectivity index (χ1n) is 7.09. The summed E-state index contributed by atoms with van der Waals surface area (Å²) in [5.74, 6) is 0.882. The molecule has 1 amide bonds. The highest BCUT2D eigenvalue weighted by molar-refractivity contribution is 5.72. The molecular weight excluding hydrogens is 226 g/mol. The zero-order valence-electron chi connectivity index (χ0n) is 12.4. The van der Waals surface area contributed by atoms with Crippen LogP contribution < -0.4 is 5.32 Å². The summed E-state index contributed by atoms with van der Waals surface area (Å²) >= 11 is 0. The topological polar surface area (TPSA) is 35.6 Å².